The van der Waals surface area contributed by atoms with Gasteiger partial charge < -0.3 is 10.4 Å². The van der Waals surface area contributed by atoms with E-state index in [-0.39, 0.29) is 0 Å². The van der Waals surface area contributed by atoms with Crippen LogP contribution in [0.4, 0.5) is 0 Å². The van der Waals surface area contributed by atoms with E-state index < -0.39 is 11.5 Å². The average Bonchev–Trinajstić information content (AvgIpc) is 2.35. The number of carbonyl (C=O) groups is 1. The van der Waals surface area contributed by atoms with Crippen LogP contribution in [0.5, 0.6) is 0 Å². The van der Waals surface area contributed by atoms with Crippen molar-refractivity contribution in [1.82, 2.24) is 10.2 Å². The quantitative estimate of drug-likeness (QED) is 0.778. The third-order valence-electron chi connectivity index (χ3n) is 4.32. The van der Waals surface area contributed by atoms with Crippen LogP contribution in [0, 0.1) is 5.92 Å². The molecule has 0 heterocycles. The Morgan fingerprint density at radius 2 is 2.05 bits per heavy atom. The van der Waals surface area contributed by atoms with E-state index in [2.05, 4.69) is 37.9 Å². The number of nitrogens with zero attached hydrogens (tertiary/aromatic N) is 1. The highest BCUT2D eigenvalue weighted by molar-refractivity contribution is 5.79. The summed E-state index contributed by atoms with van der Waals surface area (Å²) in [6, 6.07) is 0.841. The zero-order chi connectivity index (χ0) is 14.6. The van der Waals surface area contributed by atoms with E-state index in [9.17, 15) is 9.90 Å². The summed E-state index contributed by atoms with van der Waals surface area (Å²) in [5, 5.41) is 12.6. The van der Waals surface area contributed by atoms with Crippen LogP contribution in [0.25, 0.3) is 0 Å². The van der Waals surface area contributed by atoms with Gasteiger partial charge in [-0.3, -0.25) is 9.69 Å². The number of nitrogens with one attached hydrogen (secondary N) is 1. The summed E-state index contributed by atoms with van der Waals surface area (Å²) >= 11 is 0. The van der Waals surface area contributed by atoms with Crippen molar-refractivity contribution in [3.8, 4) is 0 Å². The molecule has 0 aromatic rings. The summed E-state index contributed by atoms with van der Waals surface area (Å²) in [6.07, 6.45) is 3.55. The Bertz CT molecular complexity index is 305. The van der Waals surface area contributed by atoms with Gasteiger partial charge in [0.05, 0.1) is 0 Å². The molecule has 0 aromatic heterocycles. The molecular formula is C15H30N2O2. The molecule has 2 atom stereocenters. The first-order valence-electron chi connectivity index (χ1n) is 7.50. The standard InChI is InChI=1S/C15H30N2O2/c1-11(2)10-17(12(3)4)13-7-6-8-15(9-13,16-5)14(18)19/h11-13,16H,6-10H2,1-5H3,(H,18,19). The fourth-order valence-electron chi connectivity index (χ4n) is 3.26. The molecule has 1 fully saturated rings. The Labute approximate surface area is 117 Å². The molecule has 1 aliphatic carbocycles. The zero-order valence-corrected chi connectivity index (χ0v) is 13.1. The molecule has 0 aliphatic heterocycles. The van der Waals surface area contributed by atoms with Crippen molar-refractivity contribution in [3.05, 3.63) is 0 Å². The van der Waals surface area contributed by atoms with E-state index >= 15 is 0 Å². The van der Waals surface area contributed by atoms with Gasteiger partial charge in [0.25, 0.3) is 0 Å². The molecule has 112 valence electrons. The Hall–Kier alpha value is -0.610. The second-order valence-electron chi connectivity index (χ2n) is 6.57. The summed E-state index contributed by atoms with van der Waals surface area (Å²) < 4.78 is 0. The van der Waals surface area contributed by atoms with Crippen molar-refractivity contribution in [2.45, 2.75) is 71.0 Å². The third-order valence-corrected chi connectivity index (χ3v) is 4.32. The van der Waals surface area contributed by atoms with Crippen molar-refractivity contribution in [3.63, 3.8) is 0 Å². The van der Waals surface area contributed by atoms with Gasteiger partial charge in [0.1, 0.15) is 5.54 Å². The molecule has 4 nitrogen and oxygen atoms in total. The van der Waals surface area contributed by atoms with Gasteiger partial charge in [-0.15, -0.1) is 0 Å². The molecule has 0 radical (unpaired) electrons. The van der Waals surface area contributed by atoms with Gasteiger partial charge >= 0.3 is 5.97 Å². The van der Waals surface area contributed by atoms with Crippen LogP contribution in [0.15, 0.2) is 0 Å². The molecule has 0 amide bonds. The van der Waals surface area contributed by atoms with E-state index in [0.29, 0.717) is 24.4 Å². The predicted molar refractivity (Wildman–Crippen MR) is 78.4 cm³/mol. The molecule has 19 heavy (non-hydrogen) atoms. The Morgan fingerprint density at radius 3 is 2.47 bits per heavy atom. The normalized spacial score (nSPS) is 28.3. The van der Waals surface area contributed by atoms with Gasteiger partial charge in [-0.2, -0.15) is 0 Å². The molecule has 0 aromatic carbocycles. The molecule has 0 bridgehead atoms. The SMILES string of the molecule is CNC1(C(=O)O)CCCC(N(CC(C)C)C(C)C)C1. The molecule has 2 N–H and O–H groups in total. The van der Waals surface area contributed by atoms with Gasteiger partial charge in [0, 0.05) is 18.6 Å². The van der Waals surface area contributed by atoms with Gasteiger partial charge in [-0.25, -0.2) is 0 Å². The van der Waals surface area contributed by atoms with Crippen molar-refractivity contribution in [1.29, 1.82) is 0 Å². The van der Waals surface area contributed by atoms with E-state index in [1.165, 1.54) is 0 Å². The van der Waals surface area contributed by atoms with E-state index in [4.69, 9.17) is 0 Å². The van der Waals surface area contributed by atoms with E-state index in [1.807, 2.05) is 0 Å². The molecule has 2 unspecified atom stereocenters. The molecule has 0 spiro atoms. The van der Waals surface area contributed by atoms with Crippen molar-refractivity contribution in [2.24, 2.45) is 5.92 Å². The van der Waals surface area contributed by atoms with Crippen LogP contribution < -0.4 is 5.32 Å². The molecule has 1 saturated carbocycles. The minimum absolute atomic E-state index is 0.375. The number of carboxylic acids is 1. The summed E-state index contributed by atoms with van der Waals surface area (Å²) in [4.78, 5) is 14.1. The molecule has 1 rings (SSSR count). The van der Waals surface area contributed by atoms with Crippen LogP contribution >= 0.6 is 0 Å². The first-order valence-corrected chi connectivity index (χ1v) is 7.50. The summed E-state index contributed by atoms with van der Waals surface area (Å²) in [5.74, 6) is -0.0916. The first-order chi connectivity index (χ1) is 8.82. The lowest BCUT2D eigenvalue weighted by molar-refractivity contribution is -0.147. The van der Waals surface area contributed by atoms with Crippen LogP contribution in [-0.4, -0.2) is 47.2 Å². The molecule has 0 saturated heterocycles. The van der Waals surface area contributed by atoms with Gasteiger partial charge in [-0.1, -0.05) is 13.8 Å². The van der Waals surface area contributed by atoms with Gasteiger partial charge in [0.15, 0.2) is 0 Å². The lowest BCUT2D eigenvalue weighted by Crippen LogP contribution is -2.58. The minimum Gasteiger partial charge on any atom is -0.480 e. The predicted octanol–water partition coefficient (Wildman–Crippen LogP) is 2.34. The van der Waals surface area contributed by atoms with Gasteiger partial charge in [0.2, 0.25) is 0 Å². The third kappa shape index (κ3) is 3.93. The summed E-state index contributed by atoms with van der Waals surface area (Å²) in [5.41, 5.74) is -0.729. The zero-order valence-electron chi connectivity index (χ0n) is 13.1. The Balaban J connectivity index is 2.84. The Morgan fingerprint density at radius 1 is 1.42 bits per heavy atom. The van der Waals surface area contributed by atoms with Crippen LogP contribution in [0.2, 0.25) is 0 Å². The number of carboxylic acid groups (broad SMARTS) is 1. The summed E-state index contributed by atoms with van der Waals surface area (Å²) in [6.45, 7) is 9.90. The Kier molecular flexibility index (Phi) is 5.81. The van der Waals surface area contributed by atoms with Crippen LogP contribution in [0.1, 0.15) is 53.4 Å². The number of rotatable bonds is 6. The second kappa shape index (κ2) is 6.71. The largest absolute Gasteiger partial charge is 0.480 e. The van der Waals surface area contributed by atoms with E-state index in [1.54, 1.807) is 7.05 Å². The second-order valence-corrected chi connectivity index (χ2v) is 6.57. The van der Waals surface area contributed by atoms with Crippen LogP contribution in [-0.2, 0) is 4.79 Å². The number of hydrogen-bond donors (Lipinski definition) is 2. The highest BCUT2D eigenvalue weighted by Gasteiger charge is 2.43. The number of hydrogen-bond acceptors (Lipinski definition) is 3. The topological polar surface area (TPSA) is 52.6 Å². The van der Waals surface area contributed by atoms with Crippen molar-refractivity contribution in [2.75, 3.05) is 13.6 Å². The van der Waals surface area contributed by atoms with E-state index in [0.717, 1.165) is 25.8 Å². The first kappa shape index (κ1) is 16.4. The molecule has 4 heteroatoms. The minimum atomic E-state index is -0.729. The number of aliphatic carboxylic acids is 1. The maximum absolute atomic E-state index is 11.6. The van der Waals surface area contributed by atoms with Gasteiger partial charge in [-0.05, 0) is 52.5 Å². The monoisotopic (exact) mass is 270 g/mol. The summed E-state index contributed by atoms with van der Waals surface area (Å²) in [7, 11) is 1.78. The molecular weight excluding hydrogens is 240 g/mol. The smallest absolute Gasteiger partial charge is 0.323 e. The lowest BCUT2D eigenvalue weighted by Gasteiger charge is -2.44. The van der Waals surface area contributed by atoms with Crippen molar-refractivity contribution < 1.29 is 9.90 Å². The average molecular weight is 270 g/mol. The lowest BCUT2D eigenvalue weighted by atomic mass is 9.78. The fraction of sp³-hybridized carbons (Fsp3) is 0.933. The van der Waals surface area contributed by atoms with Crippen LogP contribution in [0.3, 0.4) is 0 Å². The maximum atomic E-state index is 11.6. The van der Waals surface area contributed by atoms with Crippen molar-refractivity contribution >= 4 is 5.97 Å². The maximum Gasteiger partial charge on any atom is 0.323 e. The number of likely N-dealkylation sites (N-methyl/N-ethyl adjacent to an activating group) is 1. The highest BCUT2D eigenvalue weighted by atomic mass is 16.4. The molecule has 1 aliphatic rings. The fourth-order valence-corrected chi connectivity index (χ4v) is 3.26. The highest BCUT2D eigenvalue weighted by Crippen LogP contribution is 2.32.